The molecule has 0 aromatic carbocycles. The first-order valence-corrected chi connectivity index (χ1v) is 33.6. The lowest BCUT2D eigenvalue weighted by atomic mass is 9.37. The summed E-state index contributed by atoms with van der Waals surface area (Å²) in [4.78, 5) is 15.2. The van der Waals surface area contributed by atoms with Gasteiger partial charge in [-0.05, 0) is 123 Å². The number of aliphatic hydroxyl groups excluding tert-OH is 17. The molecule has 30 nitrogen and oxygen atoms in total. The van der Waals surface area contributed by atoms with Gasteiger partial charge in [0.15, 0.2) is 31.5 Å². The lowest BCUT2D eigenvalue weighted by Crippen LogP contribution is -2.66. The maximum Gasteiger partial charge on any atom is 0.315 e. The zero-order valence-electron chi connectivity index (χ0n) is 54.5. The van der Waals surface area contributed by atoms with Crippen molar-refractivity contribution in [3.05, 3.63) is 11.6 Å². The van der Waals surface area contributed by atoms with E-state index in [-0.39, 0.29) is 46.5 Å². The van der Waals surface area contributed by atoms with Crippen molar-refractivity contribution < 1.29 is 148 Å². The van der Waals surface area contributed by atoms with E-state index in [0.29, 0.717) is 38.5 Å². The second-order valence-electron chi connectivity index (χ2n) is 30.8. The van der Waals surface area contributed by atoms with E-state index in [9.17, 15) is 86.8 Å². The molecule has 6 heterocycles. The third kappa shape index (κ3) is 12.9. The molecule has 11 aliphatic rings. The number of carbonyl (C=O) groups is 1. The molecule has 30 heteroatoms. The van der Waals surface area contributed by atoms with E-state index >= 15 is 4.79 Å². The summed E-state index contributed by atoms with van der Waals surface area (Å²) in [6, 6.07) is 0. The SMILES string of the molecule is C[C@@H]1O[C@@H](O[C@H]2[C@H](O)[C@@H](O)C(OC[C@H]3OC(OC(=O)[C@@]45CCC6C(=CCC7[C@@]6(C)CCC6C(C)(C)[C@@H](OC8OC[C@@H](O)[C@@H](O)[C@@H]8O[C@@H]8O[C@@H](C)[C@H](O)[C@@H](OC9O[C@H](CO)[C@@H](O)[C@H](O)[C@H]9O)[C@H]8O)CC[C@@]67C)C4CC(C)(C)CC5)[C@H](O)[C@@H](O)[C@@H]3O)O[C@@H]2CO)[C@H](O)[C@H](O)[C@H]1O. The number of rotatable bonds is 15. The maximum atomic E-state index is 15.2. The third-order valence-electron chi connectivity index (χ3n) is 24.4. The van der Waals surface area contributed by atoms with Gasteiger partial charge in [0, 0.05) is 0 Å². The predicted octanol–water partition coefficient (Wildman–Crippen LogP) is -4.08. The van der Waals surface area contributed by atoms with Crippen LogP contribution in [0.2, 0.25) is 0 Å². The topological polar surface area (TPSA) is 472 Å². The summed E-state index contributed by atoms with van der Waals surface area (Å²) in [6.07, 6.45) is -38.2. The summed E-state index contributed by atoms with van der Waals surface area (Å²) in [7, 11) is 0. The van der Waals surface area contributed by atoms with Crippen LogP contribution in [0.3, 0.4) is 0 Å². The Morgan fingerprint density at radius 1 is 0.479 bits per heavy atom. The van der Waals surface area contributed by atoms with E-state index in [1.54, 1.807) is 0 Å². The van der Waals surface area contributed by atoms with Crippen LogP contribution in [0, 0.1) is 50.7 Å². The van der Waals surface area contributed by atoms with Crippen molar-refractivity contribution in [1.82, 2.24) is 0 Å². The van der Waals surface area contributed by atoms with Gasteiger partial charge in [-0.25, -0.2) is 0 Å². The zero-order chi connectivity index (χ0) is 68.4. The highest BCUT2D eigenvalue weighted by atomic mass is 16.8. The summed E-state index contributed by atoms with van der Waals surface area (Å²) in [5, 5.41) is 184. The molecular weight excluding hydrogens is 1250 g/mol. The predicted molar refractivity (Wildman–Crippen MR) is 315 cm³/mol. The van der Waals surface area contributed by atoms with E-state index in [0.717, 1.165) is 25.7 Å². The Balaban J connectivity index is 0.751. The zero-order valence-corrected chi connectivity index (χ0v) is 54.5. The minimum atomic E-state index is -1.90. The first kappa shape index (κ1) is 73.3. The molecule has 6 aliphatic heterocycles. The molecule has 8 unspecified atom stereocenters. The summed E-state index contributed by atoms with van der Waals surface area (Å²) >= 11 is 0. The van der Waals surface area contributed by atoms with Gasteiger partial charge in [0.25, 0.3) is 0 Å². The molecule has 4 saturated carbocycles. The standard InChI is InChI=1S/C64H104O30/c1-24-36(68)41(73)45(77)54(85-24)91-50-31(21-66)88-53(48(80)44(50)76)84-23-32-40(72)43(75)47(79)56(89-32)94-59(82)64-16-11-27-26(28(64)19-60(3,4)17-18-64)9-10-34-62(27,7)14-12-33-61(5,6)35(13-15-63(33,34)8)90-58-52(38(70)29(67)22-83-58)93-57-49(81)51(37(69)25(2)86-57)92-55-46(78)42(74)39(71)30(20-65)87-55/h9,24-25,27-58,65-81H,10-23H2,1-8H3/t24-,25-,27?,28?,29+,30+,31+,32+,33?,34?,35-,36-,37-,38+,39+,40+,41+,42-,43-,44+,45+,46+,47+,48+,49+,50+,51+,52-,53?,54-,55?,56?,57-,58?,62-,63-,64+/m0/s1. The van der Waals surface area contributed by atoms with Gasteiger partial charge in [0.2, 0.25) is 6.29 Å². The van der Waals surface area contributed by atoms with Crippen molar-refractivity contribution in [3.8, 4) is 0 Å². The van der Waals surface area contributed by atoms with Crippen LogP contribution in [0.5, 0.6) is 0 Å². The number of ether oxygens (including phenoxy) is 12. The Hall–Kier alpha value is -1.91. The fourth-order valence-corrected chi connectivity index (χ4v) is 18.6. The van der Waals surface area contributed by atoms with Crippen molar-refractivity contribution in [3.63, 3.8) is 0 Å². The Morgan fingerprint density at radius 3 is 1.70 bits per heavy atom. The van der Waals surface area contributed by atoms with Crippen molar-refractivity contribution in [2.24, 2.45) is 50.7 Å². The Kier molecular flexibility index (Phi) is 21.7. The van der Waals surface area contributed by atoms with Crippen molar-refractivity contribution in [2.45, 2.75) is 304 Å². The molecule has 5 aliphatic carbocycles. The third-order valence-corrected chi connectivity index (χ3v) is 24.4. The summed E-state index contributed by atoms with van der Waals surface area (Å²) in [5.41, 5.74) is -0.939. The lowest BCUT2D eigenvalue weighted by Gasteiger charge is -2.68. The smallest absolute Gasteiger partial charge is 0.315 e. The number of esters is 1. The number of hydrogen-bond acceptors (Lipinski definition) is 30. The molecule has 6 saturated heterocycles. The van der Waals surface area contributed by atoms with Crippen LogP contribution in [0.1, 0.15) is 120 Å². The Labute approximate surface area is 545 Å². The number of carbonyl (C=O) groups excluding carboxylic acids is 1. The van der Waals surface area contributed by atoms with Gasteiger partial charge in [-0.3, -0.25) is 4.79 Å². The van der Waals surface area contributed by atoms with Gasteiger partial charge in [-0.1, -0.05) is 53.2 Å². The van der Waals surface area contributed by atoms with Gasteiger partial charge >= 0.3 is 5.97 Å². The number of aliphatic hydroxyl groups is 17. The van der Waals surface area contributed by atoms with Gasteiger partial charge in [0.05, 0.1) is 50.2 Å². The second kappa shape index (κ2) is 27.8. The summed E-state index contributed by atoms with van der Waals surface area (Å²) in [6.45, 7) is 13.9. The highest BCUT2D eigenvalue weighted by molar-refractivity contribution is 5.79. The van der Waals surface area contributed by atoms with Gasteiger partial charge in [-0.2, -0.15) is 0 Å². The first-order chi connectivity index (χ1) is 44.1. The van der Waals surface area contributed by atoms with Crippen LogP contribution in [0.25, 0.3) is 0 Å². The average Bonchev–Trinajstić information content (AvgIpc) is 0.690. The number of fused-ring (bicyclic) bond motifs is 7. The Morgan fingerprint density at radius 2 is 1.03 bits per heavy atom. The van der Waals surface area contributed by atoms with Crippen molar-refractivity contribution in [1.29, 1.82) is 0 Å². The fourth-order valence-electron chi connectivity index (χ4n) is 18.6. The Bertz CT molecular complexity index is 2620. The number of hydrogen-bond donors (Lipinski definition) is 17. The average molecular weight is 1350 g/mol. The molecular formula is C64H104O30. The minimum absolute atomic E-state index is 0.0989. The van der Waals surface area contributed by atoms with E-state index < -0.39 is 221 Å². The van der Waals surface area contributed by atoms with Crippen molar-refractivity contribution in [2.75, 3.05) is 26.4 Å². The van der Waals surface area contributed by atoms with Gasteiger partial charge in [-0.15, -0.1) is 0 Å². The molecule has 0 amide bonds. The molecule has 0 radical (unpaired) electrons. The van der Waals surface area contributed by atoms with Crippen LogP contribution in [0.15, 0.2) is 11.6 Å². The molecule has 94 heavy (non-hydrogen) atoms. The summed E-state index contributed by atoms with van der Waals surface area (Å²) < 4.78 is 71.5. The quantitative estimate of drug-likeness (QED) is 0.0421. The van der Waals surface area contributed by atoms with Crippen molar-refractivity contribution >= 4 is 5.97 Å². The highest BCUT2D eigenvalue weighted by Crippen LogP contribution is 2.72. The van der Waals surface area contributed by atoms with Crippen LogP contribution < -0.4 is 0 Å². The molecule has 0 spiro atoms. The summed E-state index contributed by atoms with van der Waals surface area (Å²) in [5.74, 6) is -0.462. The minimum Gasteiger partial charge on any atom is -0.432 e. The van der Waals surface area contributed by atoms with E-state index in [4.69, 9.17) is 56.8 Å². The van der Waals surface area contributed by atoms with E-state index in [2.05, 4.69) is 47.6 Å². The lowest BCUT2D eigenvalue weighted by molar-refractivity contribution is -0.382. The molecule has 11 rings (SSSR count). The number of allylic oxidation sites excluding steroid dienone is 2. The van der Waals surface area contributed by atoms with Crippen LogP contribution in [-0.4, -0.2) is 303 Å². The molecule has 10 fully saturated rings. The first-order valence-electron chi connectivity index (χ1n) is 33.6. The van der Waals surface area contributed by atoms with Gasteiger partial charge in [0.1, 0.15) is 128 Å². The monoisotopic (exact) mass is 1350 g/mol. The second-order valence-corrected chi connectivity index (χ2v) is 30.8. The van der Waals surface area contributed by atoms with Crippen LogP contribution in [-0.2, 0) is 61.6 Å². The van der Waals surface area contributed by atoms with Crippen LogP contribution in [0.4, 0.5) is 0 Å². The molecule has 540 valence electrons. The molecule has 0 aromatic heterocycles. The van der Waals surface area contributed by atoms with E-state index in [1.807, 2.05) is 0 Å². The molecule has 17 N–H and O–H groups in total. The van der Waals surface area contributed by atoms with Crippen LogP contribution >= 0.6 is 0 Å². The van der Waals surface area contributed by atoms with Gasteiger partial charge < -0.3 is 144 Å². The molecule has 0 bridgehead atoms. The highest BCUT2D eigenvalue weighted by Gasteiger charge is 2.68. The maximum absolute atomic E-state index is 15.2. The molecule has 0 aromatic rings. The van der Waals surface area contributed by atoms with E-state index in [1.165, 1.54) is 19.4 Å². The molecule has 37 atom stereocenters. The largest absolute Gasteiger partial charge is 0.432 e. The fraction of sp³-hybridized carbons (Fsp3) is 0.953. The normalized spacial score (nSPS) is 54.2.